The minimum Gasteiger partial charge on any atom is -0.269 e. The number of aryl methyl sites for hydroxylation is 2. The first kappa shape index (κ1) is 10.4. The fourth-order valence-corrected chi connectivity index (χ4v) is 4.19. The summed E-state index contributed by atoms with van der Waals surface area (Å²) in [4.78, 5) is 7.20. The molecule has 0 aliphatic heterocycles. The highest BCUT2D eigenvalue weighted by Crippen LogP contribution is 2.38. The van der Waals surface area contributed by atoms with Crippen LogP contribution in [0.3, 0.4) is 0 Å². The van der Waals surface area contributed by atoms with Gasteiger partial charge in [-0.2, -0.15) is 0 Å². The van der Waals surface area contributed by atoms with Crippen LogP contribution in [-0.4, -0.2) is 19.6 Å². The van der Waals surface area contributed by atoms with Crippen molar-refractivity contribution in [3.05, 3.63) is 22.6 Å². The number of fused-ring (bicyclic) bond motifs is 5. The van der Waals surface area contributed by atoms with E-state index in [-0.39, 0.29) is 0 Å². The van der Waals surface area contributed by atoms with Crippen molar-refractivity contribution in [2.75, 3.05) is 0 Å². The van der Waals surface area contributed by atoms with Gasteiger partial charge in [-0.25, -0.2) is 4.98 Å². The summed E-state index contributed by atoms with van der Waals surface area (Å²) in [6.45, 7) is 4.30. The molecule has 0 unspecified atom stereocenters. The van der Waals surface area contributed by atoms with Gasteiger partial charge in [0.2, 0.25) is 0 Å². The van der Waals surface area contributed by atoms with Gasteiger partial charge < -0.3 is 0 Å². The fraction of sp³-hybridized carbons (Fsp3) is 0.462. The maximum absolute atomic E-state index is 4.57. The van der Waals surface area contributed by atoms with Crippen LogP contribution in [0.15, 0.2) is 6.33 Å². The van der Waals surface area contributed by atoms with Crippen LogP contribution in [0.2, 0.25) is 0 Å². The molecule has 3 aromatic heterocycles. The van der Waals surface area contributed by atoms with Gasteiger partial charge in [0.05, 0.1) is 5.39 Å². The quantitative estimate of drug-likeness (QED) is 0.622. The number of hydrogen-bond acceptors (Lipinski definition) is 4. The van der Waals surface area contributed by atoms with Gasteiger partial charge in [0.1, 0.15) is 17.0 Å². The van der Waals surface area contributed by atoms with Crippen molar-refractivity contribution in [3.8, 4) is 0 Å². The van der Waals surface area contributed by atoms with Gasteiger partial charge in [0, 0.05) is 4.88 Å². The van der Waals surface area contributed by atoms with E-state index in [0.29, 0.717) is 0 Å². The van der Waals surface area contributed by atoms with E-state index in [1.54, 1.807) is 0 Å². The molecule has 0 saturated carbocycles. The third-order valence-corrected chi connectivity index (χ3v) is 5.04. The largest absolute Gasteiger partial charge is 0.269 e. The van der Waals surface area contributed by atoms with Gasteiger partial charge in [-0.15, -0.1) is 21.5 Å². The predicted octanol–water partition coefficient (Wildman–Crippen LogP) is 2.77. The first-order chi connectivity index (χ1) is 8.74. The molecular formula is C13H14N4S. The molecule has 4 nitrogen and oxygen atoms in total. The second-order valence-electron chi connectivity index (χ2n) is 5.22. The Morgan fingerprint density at radius 3 is 3.17 bits per heavy atom. The summed E-state index contributed by atoms with van der Waals surface area (Å²) >= 11 is 1.84. The van der Waals surface area contributed by atoms with Crippen molar-refractivity contribution < 1.29 is 0 Å². The Hall–Kier alpha value is -1.49. The molecule has 0 saturated heterocycles. The highest BCUT2D eigenvalue weighted by molar-refractivity contribution is 7.19. The lowest BCUT2D eigenvalue weighted by Gasteiger charge is -2.17. The molecule has 18 heavy (non-hydrogen) atoms. The van der Waals surface area contributed by atoms with Crippen molar-refractivity contribution in [1.29, 1.82) is 0 Å². The molecule has 1 atom stereocenters. The van der Waals surface area contributed by atoms with Crippen LogP contribution < -0.4 is 0 Å². The molecule has 1 aliphatic rings. The van der Waals surface area contributed by atoms with Gasteiger partial charge >= 0.3 is 0 Å². The smallest absolute Gasteiger partial charge is 0.172 e. The van der Waals surface area contributed by atoms with Crippen LogP contribution >= 0.6 is 11.3 Å². The van der Waals surface area contributed by atoms with E-state index in [9.17, 15) is 0 Å². The molecule has 0 amide bonds. The SMILES string of the molecule is Cc1nnc2c3c4c(sc3ncn12)C[C@@H](C)CC4. The number of nitrogens with zero attached hydrogens (tertiary/aromatic N) is 4. The van der Waals surface area contributed by atoms with Gasteiger partial charge in [0.15, 0.2) is 5.65 Å². The van der Waals surface area contributed by atoms with Crippen molar-refractivity contribution in [2.45, 2.75) is 33.1 Å². The van der Waals surface area contributed by atoms with Crippen LogP contribution in [0, 0.1) is 12.8 Å². The molecule has 0 N–H and O–H groups in total. The topological polar surface area (TPSA) is 43.1 Å². The summed E-state index contributed by atoms with van der Waals surface area (Å²) in [5, 5.41) is 9.73. The van der Waals surface area contributed by atoms with Gasteiger partial charge in [-0.3, -0.25) is 4.40 Å². The van der Waals surface area contributed by atoms with E-state index in [2.05, 4.69) is 22.1 Å². The molecule has 0 fully saturated rings. The van der Waals surface area contributed by atoms with Gasteiger partial charge in [-0.05, 0) is 37.7 Å². The third kappa shape index (κ3) is 1.28. The Morgan fingerprint density at radius 1 is 1.39 bits per heavy atom. The van der Waals surface area contributed by atoms with Gasteiger partial charge in [-0.1, -0.05) is 6.92 Å². The van der Waals surface area contributed by atoms with E-state index >= 15 is 0 Å². The summed E-state index contributed by atoms with van der Waals surface area (Å²) in [6.07, 6.45) is 5.46. The second kappa shape index (κ2) is 3.51. The summed E-state index contributed by atoms with van der Waals surface area (Å²) in [7, 11) is 0. The Kier molecular flexibility index (Phi) is 2.03. The lowest BCUT2D eigenvalue weighted by Crippen LogP contribution is -2.08. The summed E-state index contributed by atoms with van der Waals surface area (Å²) < 4.78 is 1.99. The number of rotatable bonds is 0. The van der Waals surface area contributed by atoms with E-state index in [4.69, 9.17) is 0 Å². The first-order valence-electron chi connectivity index (χ1n) is 6.34. The van der Waals surface area contributed by atoms with Gasteiger partial charge in [0.25, 0.3) is 0 Å². The predicted molar refractivity (Wildman–Crippen MR) is 72.1 cm³/mol. The lowest BCUT2D eigenvalue weighted by atomic mass is 9.89. The molecular weight excluding hydrogens is 244 g/mol. The maximum atomic E-state index is 4.57. The minimum absolute atomic E-state index is 0.793. The molecule has 0 radical (unpaired) electrons. The molecule has 0 spiro atoms. The standard InChI is InChI=1S/C13H14N4S/c1-7-3-4-9-10(5-7)18-13-11(9)12-16-15-8(2)17(12)6-14-13/h6-7H,3-5H2,1-2H3/t7-/m0/s1. The average molecular weight is 258 g/mol. The third-order valence-electron chi connectivity index (χ3n) is 3.87. The summed E-state index contributed by atoms with van der Waals surface area (Å²) in [5.41, 5.74) is 2.45. The van der Waals surface area contributed by atoms with Crippen LogP contribution in [0.5, 0.6) is 0 Å². The fourth-order valence-electron chi connectivity index (χ4n) is 2.85. The van der Waals surface area contributed by atoms with Crippen molar-refractivity contribution in [2.24, 2.45) is 5.92 Å². The average Bonchev–Trinajstić information content (AvgIpc) is 2.89. The van der Waals surface area contributed by atoms with Crippen LogP contribution in [0.4, 0.5) is 0 Å². The minimum atomic E-state index is 0.793. The molecule has 5 heteroatoms. The normalized spacial score (nSPS) is 19.6. The van der Waals surface area contributed by atoms with Crippen LogP contribution in [0.25, 0.3) is 15.9 Å². The molecule has 3 aromatic rings. The van der Waals surface area contributed by atoms with Crippen molar-refractivity contribution in [3.63, 3.8) is 0 Å². The molecule has 1 aliphatic carbocycles. The number of thiophene rings is 1. The first-order valence-corrected chi connectivity index (χ1v) is 7.16. The number of aromatic nitrogens is 4. The van der Waals surface area contributed by atoms with E-state index in [0.717, 1.165) is 28.6 Å². The highest BCUT2D eigenvalue weighted by atomic mass is 32.1. The molecule has 3 heterocycles. The Labute approximate surface area is 109 Å². The van der Waals surface area contributed by atoms with E-state index in [1.165, 1.54) is 28.7 Å². The van der Waals surface area contributed by atoms with Crippen molar-refractivity contribution in [1.82, 2.24) is 19.6 Å². The zero-order chi connectivity index (χ0) is 12.3. The monoisotopic (exact) mass is 258 g/mol. The summed E-state index contributed by atoms with van der Waals surface area (Å²) in [6, 6.07) is 0. The van der Waals surface area contributed by atoms with Crippen LogP contribution in [-0.2, 0) is 12.8 Å². The summed E-state index contributed by atoms with van der Waals surface area (Å²) in [5.74, 6) is 1.70. The zero-order valence-electron chi connectivity index (χ0n) is 10.5. The Morgan fingerprint density at radius 2 is 2.28 bits per heavy atom. The zero-order valence-corrected chi connectivity index (χ0v) is 11.3. The van der Waals surface area contributed by atoms with Crippen LogP contribution in [0.1, 0.15) is 29.6 Å². The maximum Gasteiger partial charge on any atom is 0.172 e. The highest BCUT2D eigenvalue weighted by Gasteiger charge is 2.23. The second-order valence-corrected chi connectivity index (χ2v) is 6.30. The molecule has 4 rings (SSSR count). The van der Waals surface area contributed by atoms with E-state index in [1.807, 2.05) is 29.0 Å². The lowest BCUT2D eigenvalue weighted by molar-refractivity contribution is 0.509. The Bertz CT molecular complexity index is 755. The Balaban J connectivity index is 2.12. The molecule has 0 aromatic carbocycles. The number of hydrogen-bond donors (Lipinski definition) is 0. The van der Waals surface area contributed by atoms with E-state index < -0.39 is 0 Å². The molecule has 0 bridgehead atoms. The van der Waals surface area contributed by atoms with Crippen molar-refractivity contribution >= 4 is 27.2 Å². The molecule has 92 valence electrons.